The smallest absolute Gasteiger partial charge is 0.292 e. The van der Waals surface area contributed by atoms with Gasteiger partial charge in [-0.1, -0.05) is 35.5 Å². The number of hydrogen-bond acceptors (Lipinski definition) is 11. The van der Waals surface area contributed by atoms with E-state index < -0.39 is 5.91 Å². The van der Waals surface area contributed by atoms with Gasteiger partial charge in [-0.25, -0.2) is 10.1 Å². The number of hydrazone groups is 1. The molecular formula is C26H28BrN9O4. The molecule has 2 aromatic heterocycles. The van der Waals surface area contributed by atoms with Gasteiger partial charge < -0.3 is 15.2 Å². The van der Waals surface area contributed by atoms with Crippen molar-refractivity contribution in [2.45, 2.75) is 32.9 Å². The number of carbonyl (C=O) groups is 1. The molecule has 0 saturated carbocycles. The van der Waals surface area contributed by atoms with E-state index in [1.54, 1.807) is 6.07 Å². The fourth-order valence-electron chi connectivity index (χ4n) is 4.29. The normalized spacial score (nSPS) is 13.7. The number of benzene rings is 2. The first-order valence-corrected chi connectivity index (χ1v) is 13.5. The van der Waals surface area contributed by atoms with Crippen LogP contribution < -0.4 is 20.6 Å². The van der Waals surface area contributed by atoms with Crippen LogP contribution in [0.4, 0.5) is 5.82 Å². The van der Waals surface area contributed by atoms with Gasteiger partial charge in [0.2, 0.25) is 11.6 Å². The molecule has 13 nitrogen and oxygen atoms in total. The molecule has 1 aliphatic rings. The second-order valence-electron chi connectivity index (χ2n) is 8.98. The maximum Gasteiger partial charge on any atom is 0.292 e. The van der Waals surface area contributed by atoms with E-state index >= 15 is 0 Å². The number of aromatic nitrogens is 5. The summed E-state index contributed by atoms with van der Waals surface area (Å²) < 4.78 is 18.4. The van der Waals surface area contributed by atoms with Crippen molar-refractivity contribution in [2.24, 2.45) is 5.10 Å². The largest absolute Gasteiger partial charge is 0.493 e. The maximum atomic E-state index is 13.4. The predicted octanol–water partition coefficient (Wildman–Crippen LogP) is 3.33. The van der Waals surface area contributed by atoms with Gasteiger partial charge in [-0.05, 0) is 70.7 Å². The minimum absolute atomic E-state index is 0.0185. The fraction of sp³-hybridized carbons (Fsp3) is 0.308. The number of amides is 1. The van der Waals surface area contributed by atoms with Crippen molar-refractivity contribution in [2.75, 3.05) is 25.4 Å². The molecule has 14 heteroatoms. The number of nitrogens with zero attached hydrogens (tertiary/aromatic N) is 7. The summed E-state index contributed by atoms with van der Waals surface area (Å²) in [5.41, 5.74) is 10.7. The third-order valence-electron chi connectivity index (χ3n) is 6.20. The molecule has 0 unspecified atom stereocenters. The third kappa shape index (κ3) is 6.29. The summed E-state index contributed by atoms with van der Waals surface area (Å²) in [6.07, 6.45) is 3.68. The summed E-state index contributed by atoms with van der Waals surface area (Å²) in [6.45, 7) is 5.00. The number of nitrogen functional groups attached to an aromatic ring is 1. The number of carbonyl (C=O) groups excluding carboxylic acids is 1. The number of halogens is 1. The number of ether oxygens (including phenoxy) is 2. The molecule has 2 aromatic carbocycles. The zero-order chi connectivity index (χ0) is 27.9. The lowest BCUT2D eigenvalue weighted by Crippen LogP contribution is -2.26. The van der Waals surface area contributed by atoms with E-state index in [1.807, 2.05) is 43.3 Å². The Hall–Kier alpha value is -4.30. The predicted molar refractivity (Wildman–Crippen MR) is 149 cm³/mol. The number of rotatable bonds is 11. The molecule has 1 aliphatic heterocycles. The first kappa shape index (κ1) is 27.3. The van der Waals surface area contributed by atoms with Crippen LogP contribution in [0.3, 0.4) is 0 Å². The summed E-state index contributed by atoms with van der Waals surface area (Å²) in [7, 11) is 0. The molecule has 1 saturated heterocycles. The molecule has 3 heterocycles. The van der Waals surface area contributed by atoms with E-state index in [0.717, 1.165) is 31.5 Å². The molecule has 40 heavy (non-hydrogen) atoms. The minimum Gasteiger partial charge on any atom is -0.493 e. The molecule has 5 rings (SSSR count). The van der Waals surface area contributed by atoms with E-state index in [9.17, 15) is 4.79 Å². The Morgan fingerprint density at radius 3 is 2.73 bits per heavy atom. The van der Waals surface area contributed by atoms with E-state index in [4.69, 9.17) is 19.8 Å². The van der Waals surface area contributed by atoms with Gasteiger partial charge in [0.1, 0.15) is 23.8 Å². The Kier molecular flexibility index (Phi) is 8.66. The van der Waals surface area contributed by atoms with Crippen molar-refractivity contribution >= 4 is 33.9 Å². The van der Waals surface area contributed by atoms with Gasteiger partial charge in [-0.15, -0.1) is 5.10 Å². The van der Waals surface area contributed by atoms with Crippen molar-refractivity contribution in [3.05, 3.63) is 69.5 Å². The molecule has 208 valence electrons. The van der Waals surface area contributed by atoms with Crippen LogP contribution in [-0.4, -0.2) is 62.0 Å². The molecule has 1 amide bonds. The van der Waals surface area contributed by atoms with Crippen molar-refractivity contribution in [1.29, 1.82) is 0 Å². The van der Waals surface area contributed by atoms with E-state index in [2.05, 4.69) is 52.0 Å². The molecule has 4 aromatic rings. The molecule has 3 N–H and O–H groups in total. The highest BCUT2D eigenvalue weighted by atomic mass is 79.9. The van der Waals surface area contributed by atoms with E-state index in [-0.39, 0.29) is 17.3 Å². The SMILES string of the molecule is CCOc1cc(OCc2ccccc2)cc(Br)c1C=NNC(=O)c1c(CN2CCCC2)nnn1-c1nonc1N. The maximum absolute atomic E-state index is 13.4. The highest BCUT2D eigenvalue weighted by molar-refractivity contribution is 9.10. The van der Waals surface area contributed by atoms with Gasteiger partial charge in [-0.3, -0.25) is 9.69 Å². The second-order valence-corrected chi connectivity index (χ2v) is 9.83. The molecule has 0 radical (unpaired) electrons. The second kappa shape index (κ2) is 12.7. The average Bonchev–Trinajstić information content (AvgIpc) is 3.71. The van der Waals surface area contributed by atoms with Crippen molar-refractivity contribution < 1.29 is 18.9 Å². The average molecular weight is 610 g/mol. The Bertz CT molecular complexity index is 1480. The van der Waals surface area contributed by atoms with Crippen LogP contribution in [0.25, 0.3) is 5.82 Å². The summed E-state index contributed by atoms with van der Waals surface area (Å²) in [6, 6.07) is 13.5. The number of anilines is 1. The van der Waals surface area contributed by atoms with Gasteiger partial charge in [0.15, 0.2) is 5.69 Å². The van der Waals surface area contributed by atoms with Crippen molar-refractivity contribution in [1.82, 2.24) is 35.6 Å². The highest BCUT2D eigenvalue weighted by Gasteiger charge is 2.27. The molecule has 0 spiro atoms. The van der Waals surface area contributed by atoms with Gasteiger partial charge in [-0.2, -0.15) is 9.78 Å². The number of hydrogen-bond donors (Lipinski definition) is 2. The summed E-state index contributed by atoms with van der Waals surface area (Å²) >= 11 is 3.57. The van der Waals surface area contributed by atoms with Crippen molar-refractivity contribution in [3.63, 3.8) is 0 Å². The Balaban J connectivity index is 1.35. The van der Waals surface area contributed by atoms with Gasteiger partial charge >= 0.3 is 0 Å². The fourth-order valence-corrected chi connectivity index (χ4v) is 4.81. The quantitative estimate of drug-likeness (QED) is 0.191. The number of likely N-dealkylation sites (tertiary alicyclic amines) is 1. The van der Waals surface area contributed by atoms with Crippen LogP contribution in [0.15, 0.2) is 56.7 Å². The van der Waals surface area contributed by atoms with Gasteiger partial charge in [0.05, 0.1) is 18.4 Å². The lowest BCUT2D eigenvalue weighted by atomic mass is 10.2. The Labute approximate surface area is 238 Å². The van der Waals surface area contributed by atoms with Crippen LogP contribution in [0, 0.1) is 0 Å². The van der Waals surface area contributed by atoms with Crippen molar-refractivity contribution in [3.8, 4) is 17.3 Å². The molecule has 0 atom stereocenters. The van der Waals surface area contributed by atoms with Crippen LogP contribution in [0.2, 0.25) is 0 Å². The molecule has 0 aliphatic carbocycles. The van der Waals surface area contributed by atoms with Crippen LogP contribution in [0.1, 0.15) is 47.1 Å². The summed E-state index contributed by atoms with van der Waals surface area (Å²) in [4.78, 5) is 15.6. The Morgan fingerprint density at radius 2 is 2.00 bits per heavy atom. The molecule has 1 fully saturated rings. The minimum atomic E-state index is -0.547. The first-order valence-electron chi connectivity index (χ1n) is 12.7. The van der Waals surface area contributed by atoms with Gasteiger partial charge in [0.25, 0.3) is 5.91 Å². The third-order valence-corrected chi connectivity index (χ3v) is 6.85. The van der Waals surface area contributed by atoms with Crippen LogP contribution >= 0.6 is 15.9 Å². The zero-order valence-electron chi connectivity index (χ0n) is 21.8. The number of nitrogens with two attached hydrogens (primary N) is 1. The monoisotopic (exact) mass is 609 g/mol. The van der Waals surface area contributed by atoms with E-state index in [0.29, 0.717) is 47.0 Å². The van der Waals surface area contributed by atoms with Gasteiger partial charge in [0, 0.05) is 17.1 Å². The summed E-state index contributed by atoms with van der Waals surface area (Å²) in [5.74, 6) is 0.674. The Morgan fingerprint density at radius 1 is 1.20 bits per heavy atom. The van der Waals surface area contributed by atoms with Crippen LogP contribution in [0.5, 0.6) is 11.5 Å². The highest BCUT2D eigenvalue weighted by Crippen LogP contribution is 2.32. The lowest BCUT2D eigenvalue weighted by Gasteiger charge is -2.14. The topological polar surface area (TPSA) is 159 Å². The lowest BCUT2D eigenvalue weighted by molar-refractivity contribution is 0.0945. The zero-order valence-corrected chi connectivity index (χ0v) is 23.4. The molecular weight excluding hydrogens is 582 g/mol. The van der Waals surface area contributed by atoms with Crippen LogP contribution in [-0.2, 0) is 13.2 Å². The number of nitrogens with one attached hydrogen (secondary N) is 1. The first-order chi connectivity index (χ1) is 19.5. The molecule has 0 bridgehead atoms. The summed E-state index contributed by atoms with van der Waals surface area (Å²) in [5, 5.41) is 19.9. The standard InChI is InChI=1S/C26H28BrN9O4/c1-2-38-22-13-18(39-16-17-8-4-3-5-9-17)12-20(27)19(22)14-29-31-26(37)23-21(15-35-10-6-7-11-35)30-34-36(23)25-24(28)32-40-33-25/h3-5,8-9,12-14H,2,6-7,10-11,15-16H2,1H3,(H2,28,32)(H,31,37). The van der Waals surface area contributed by atoms with E-state index in [1.165, 1.54) is 10.9 Å².